The monoisotopic (exact) mass is 288 g/mol. The smallest absolute Gasteiger partial charge is 0.316 e. The first-order valence-corrected chi connectivity index (χ1v) is 7.03. The molecule has 0 saturated heterocycles. The van der Waals surface area contributed by atoms with Gasteiger partial charge >= 0.3 is 5.97 Å². The Morgan fingerprint density at radius 3 is 2.95 bits per heavy atom. The average molecular weight is 288 g/mol. The fraction of sp³-hybridized carbons (Fsp3) is 0.214. The van der Waals surface area contributed by atoms with Crippen LogP contribution in [0, 0.1) is 6.92 Å². The molecule has 0 unspecified atom stereocenters. The molecule has 0 aliphatic rings. The quantitative estimate of drug-likeness (QED) is 0.419. The number of benzene rings is 1. The third kappa shape index (κ3) is 2.22. The topological polar surface area (TPSA) is 65.2 Å². The predicted octanol–water partition coefficient (Wildman–Crippen LogP) is 2.95. The van der Waals surface area contributed by atoms with Gasteiger partial charge in [-0.05, 0) is 19.1 Å². The van der Waals surface area contributed by atoms with Crippen LogP contribution in [0.4, 0.5) is 0 Å². The van der Waals surface area contributed by atoms with E-state index in [-0.39, 0.29) is 11.7 Å². The van der Waals surface area contributed by atoms with Gasteiger partial charge in [0.2, 0.25) is 0 Å². The summed E-state index contributed by atoms with van der Waals surface area (Å²) in [6.45, 7) is 1.82. The van der Waals surface area contributed by atoms with Crippen molar-refractivity contribution in [2.75, 3.05) is 12.9 Å². The lowest BCUT2D eigenvalue weighted by Gasteiger charge is -2.01. The van der Waals surface area contributed by atoms with Crippen molar-refractivity contribution in [3.8, 4) is 0 Å². The number of hydrogen-bond acceptors (Lipinski definition) is 6. The van der Waals surface area contributed by atoms with Crippen LogP contribution < -0.4 is 0 Å². The molecule has 1 aromatic carbocycles. The highest BCUT2D eigenvalue weighted by atomic mass is 32.2. The zero-order chi connectivity index (χ0) is 14.1. The number of furan rings is 1. The SMILES string of the molecule is COC(=O)CSc1nc(C)nc2c1oc1ccccc12. The molecule has 0 aliphatic carbocycles. The molecule has 0 fully saturated rings. The van der Waals surface area contributed by atoms with Crippen LogP contribution in [-0.4, -0.2) is 28.8 Å². The maximum absolute atomic E-state index is 11.3. The maximum Gasteiger partial charge on any atom is 0.316 e. The summed E-state index contributed by atoms with van der Waals surface area (Å²) in [6.07, 6.45) is 0. The molecular weight excluding hydrogens is 276 g/mol. The van der Waals surface area contributed by atoms with Crippen LogP contribution in [0.5, 0.6) is 0 Å². The molecule has 0 radical (unpaired) electrons. The predicted molar refractivity (Wildman–Crippen MR) is 76.8 cm³/mol. The number of esters is 1. The molecule has 2 aromatic heterocycles. The lowest BCUT2D eigenvalue weighted by Crippen LogP contribution is -2.03. The van der Waals surface area contributed by atoms with Gasteiger partial charge in [-0.2, -0.15) is 0 Å². The summed E-state index contributed by atoms with van der Waals surface area (Å²) in [5.74, 6) is 0.547. The van der Waals surface area contributed by atoms with Crippen LogP contribution in [0.3, 0.4) is 0 Å². The number of ether oxygens (including phenoxy) is 1. The molecule has 0 N–H and O–H groups in total. The van der Waals surface area contributed by atoms with Crippen LogP contribution in [0.15, 0.2) is 33.7 Å². The highest BCUT2D eigenvalue weighted by Gasteiger charge is 2.15. The number of methoxy groups -OCH3 is 1. The van der Waals surface area contributed by atoms with Crippen molar-refractivity contribution in [2.24, 2.45) is 0 Å². The number of carbonyl (C=O) groups is 1. The Morgan fingerprint density at radius 2 is 2.15 bits per heavy atom. The molecule has 102 valence electrons. The summed E-state index contributed by atoms with van der Waals surface area (Å²) >= 11 is 1.29. The highest BCUT2D eigenvalue weighted by molar-refractivity contribution is 8.00. The van der Waals surface area contributed by atoms with Crippen molar-refractivity contribution >= 4 is 39.8 Å². The largest absolute Gasteiger partial charge is 0.468 e. The van der Waals surface area contributed by atoms with Gasteiger partial charge in [0.15, 0.2) is 5.58 Å². The molecule has 3 aromatic rings. The van der Waals surface area contributed by atoms with Gasteiger partial charge in [0.25, 0.3) is 0 Å². The minimum atomic E-state index is -0.296. The van der Waals surface area contributed by atoms with Gasteiger partial charge in [-0.3, -0.25) is 4.79 Å². The molecule has 0 aliphatic heterocycles. The molecule has 0 saturated carbocycles. The van der Waals surface area contributed by atoms with Crippen LogP contribution in [-0.2, 0) is 9.53 Å². The summed E-state index contributed by atoms with van der Waals surface area (Å²) in [6, 6.07) is 7.70. The molecule has 0 spiro atoms. The Bertz CT molecular complexity index is 798. The van der Waals surface area contributed by atoms with E-state index in [1.54, 1.807) is 0 Å². The fourth-order valence-electron chi connectivity index (χ4n) is 1.96. The van der Waals surface area contributed by atoms with E-state index in [0.717, 1.165) is 16.5 Å². The van der Waals surface area contributed by atoms with E-state index >= 15 is 0 Å². The van der Waals surface area contributed by atoms with Gasteiger partial charge in [0.1, 0.15) is 22.0 Å². The van der Waals surface area contributed by atoms with Gasteiger partial charge in [0.05, 0.1) is 12.9 Å². The number of thioether (sulfide) groups is 1. The number of aryl methyl sites for hydroxylation is 1. The van der Waals surface area contributed by atoms with Crippen molar-refractivity contribution in [1.82, 2.24) is 9.97 Å². The van der Waals surface area contributed by atoms with Crippen molar-refractivity contribution in [2.45, 2.75) is 11.9 Å². The molecule has 0 bridgehead atoms. The second-order valence-corrected chi connectivity index (χ2v) is 5.18. The Balaban J connectivity index is 2.13. The second-order valence-electron chi connectivity index (χ2n) is 4.22. The van der Waals surface area contributed by atoms with E-state index in [0.29, 0.717) is 16.4 Å². The standard InChI is InChI=1S/C14H12N2O3S/c1-8-15-12-9-5-3-4-6-10(9)19-13(12)14(16-8)20-7-11(17)18-2/h3-6H,7H2,1-2H3. The minimum Gasteiger partial charge on any atom is -0.468 e. The highest BCUT2D eigenvalue weighted by Crippen LogP contribution is 2.32. The molecule has 0 atom stereocenters. The third-order valence-corrected chi connectivity index (χ3v) is 3.79. The second kappa shape index (κ2) is 5.13. The minimum absolute atomic E-state index is 0.194. The number of fused-ring (bicyclic) bond motifs is 3. The van der Waals surface area contributed by atoms with Crippen LogP contribution in [0.25, 0.3) is 22.1 Å². The van der Waals surface area contributed by atoms with Crippen molar-refractivity contribution in [3.63, 3.8) is 0 Å². The third-order valence-electron chi connectivity index (χ3n) is 2.85. The summed E-state index contributed by atoms with van der Waals surface area (Å²) in [7, 11) is 1.37. The van der Waals surface area contributed by atoms with E-state index < -0.39 is 0 Å². The zero-order valence-electron chi connectivity index (χ0n) is 11.0. The first-order chi connectivity index (χ1) is 9.69. The van der Waals surface area contributed by atoms with Crippen molar-refractivity contribution < 1.29 is 13.9 Å². The van der Waals surface area contributed by atoms with E-state index in [2.05, 4.69) is 14.7 Å². The number of aromatic nitrogens is 2. The van der Waals surface area contributed by atoms with Crippen LogP contribution in [0.1, 0.15) is 5.82 Å². The molecule has 20 heavy (non-hydrogen) atoms. The Labute approximate surface area is 119 Å². The summed E-state index contributed by atoms with van der Waals surface area (Å²) in [4.78, 5) is 20.1. The van der Waals surface area contributed by atoms with E-state index in [4.69, 9.17) is 4.42 Å². The Morgan fingerprint density at radius 1 is 1.35 bits per heavy atom. The molecule has 6 heteroatoms. The summed E-state index contributed by atoms with van der Waals surface area (Å²) in [5.41, 5.74) is 2.16. The van der Waals surface area contributed by atoms with Gasteiger partial charge in [0, 0.05) is 5.39 Å². The molecule has 2 heterocycles. The van der Waals surface area contributed by atoms with Crippen LogP contribution >= 0.6 is 11.8 Å². The van der Waals surface area contributed by atoms with E-state index in [1.165, 1.54) is 18.9 Å². The van der Waals surface area contributed by atoms with Gasteiger partial charge in [-0.1, -0.05) is 23.9 Å². The normalized spacial score (nSPS) is 11.1. The van der Waals surface area contributed by atoms with E-state index in [9.17, 15) is 4.79 Å². The molecule has 3 rings (SSSR count). The summed E-state index contributed by atoms with van der Waals surface area (Å²) < 4.78 is 10.4. The fourth-order valence-corrected chi connectivity index (χ4v) is 2.79. The van der Waals surface area contributed by atoms with E-state index in [1.807, 2.05) is 31.2 Å². The first kappa shape index (κ1) is 12.9. The van der Waals surface area contributed by atoms with Gasteiger partial charge in [-0.25, -0.2) is 9.97 Å². The lowest BCUT2D eigenvalue weighted by molar-refractivity contribution is -0.137. The number of carbonyl (C=O) groups excluding carboxylic acids is 1. The number of hydrogen-bond donors (Lipinski definition) is 0. The van der Waals surface area contributed by atoms with Gasteiger partial charge < -0.3 is 9.15 Å². The lowest BCUT2D eigenvalue weighted by atomic mass is 10.2. The summed E-state index contributed by atoms with van der Waals surface area (Å²) in [5, 5.41) is 1.61. The molecule has 0 amide bonds. The Hall–Kier alpha value is -2.08. The molecule has 5 nitrogen and oxygen atoms in total. The Kier molecular flexibility index (Phi) is 3.31. The number of nitrogens with zero attached hydrogens (tertiary/aromatic N) is 2. The van der Waals surface area contributed by atoms with Crippen LogP contribution in [0.2, 0.25) is 0 Å². The average Bonchev–Trinajstić information content (AvgIpc) is 2.83. The number of rotatable bonds is 3. The zero-order valence-corrected chi connectivity index (χ0v) is 11.9. The van der Waals surface area contributed by atoms with Crippen molar-refractivity contribution in [3.05, 3.63) is 30.1 Å². The molecular formula is C14H12N2O3S. The van der Waals surface area contributed by atoms with Gasteiger partial charge in [-0.15, -0.1) is 0 Å². The first-order valence-electron chi connectivity index (χ1n) is 6.04. The number of para-hydroxylation sites is 1. The van der Waals surface area contributed by atoms with Crippen molar-refractivity contribution in [1.29, 1.82) is 0 Å². The maximum atomic E-state index is 11.3.